The van der Waals surface area contributed by atoms with Crippen molar-refractivity contribution in [1.82, 2.24) is 14.7 Å². The summed E-state index contributed by atoms with van der Waals surface area (Å²) in [5.74, 6) is -0.863. The summed E-state index contributed by atoms with van der Waals surface area (Å²) in [6.45, 7) is 14.2. The topological polar surface area (TPSA) is 81.2 Å². The van der Waals surface area contributed by atoms with E-state index in [2.05, 4.69) is 27.0 Å². The van der Waals surface area contributed by atoms with Crippen LogP contribution >= 0.6 is 11.8 Å². The van der Waals surface area contributed by atoms with Crippen LogP contribution in [0, 0.1) is 11.8 Å². The minimum absolute atomic E-state index is 0.0242. The van der Waals surface area contributed by atoms with E-state index in [4.69, 9.17) is 0 Å². The summed E-state index contributed by atoms with van der Waals surface area (Å²) in [5, 5.41) is 9.30. The summed E-state index contributed by atoms with van der Waals surface area (Å²) in [4.78, 5) is 48.9. The molecule has 5 atom stereocenters. The van der Waals surface area contributed by atoms with Gasteiger partial charge in [0.25, 0.3) is 0 Å². The van der Waals surface area contributed by atoms with Crippen LogP contribution in [0.1, 0.15) is 84.5 Å². The molecule has 3 saturated heterocycles. The summed E-state index contributed by atoms with van der Waals surface area (Å²) in [7, 11) is 0. The maximum Gasteiger partial charge on any atom is 0.247 e. The lowest BCUT2D eigenvalue weighted by Crippen LogP contribution is -2.57. The average molecular weight is 560 g/mol. The van der Waals surface area contributed by atoms with Gasteiger partial charge in [-0.25, -0.2) is 0 Å². The summed E-state index contributed by atoms with van der Waals surface area (Å²) in [6.07, 6.45) is 13.7. The quantitative estimate of drug-likeness (QED) is 0.252. The molecule has 7 nitrogen and oxygen atoms in total. The minimum Gasteiger partial charge on any atom is -0.396 e. The molecule has 1 spiro atoms. The predicted octanol–water partition coefficient (Wildman–Crippen LogP) is 4.40. The second-order valence-corrected chi connectivity index (χ2v) is 14.1. The lowest BCUT2D eigenvalue weighted by molar-refractivity contribution is -0.146. The maximum atomic E-state index is 14.6. The monoisotopic (exact) mass is 559 g/mol. The highest BCUT2D eigenvalue weighted by Crippen LogP contribution is 2.71. The molecule has 3 amide bonds. The largest absolute Gasteiger partial charge is 0.396 e. The van der Waals surface area contributed by atoms with Crippen LogP contribution in [0.25, 0.3) is 0 Å². The molecule has 1 N–H and O–H groups in total. The smallest absolute Gasteiger partial charge is 0.247 e. The zero-order chi connectivity index (χ0) is 28.2. The molecule has 4 fully saturated rings. The van der Waals surface area contributed by atoms with E-state index in [1.165, 1.54) is 6.42 Å². The summed E-state index contributed by atoms with van der Waals surface area (Å²) in [5.41, 5.74) is 0. The Morgan fingerprint density at radius 1 is 1.08 bits per heavy atom. The molecule has 1 aliphatic carbocycles. The van der Waals surface area contributed by atoms with Gasteiger partial charge in [-0.05, 0) is 58.3 Å². The standard InChI is InChI=1S/C31H49N3O4S/c1-5-18-32(19-6-2)27(36)24-25-28(37)34(21-12-9-13-22-35)26(31(25)17-16-30(24,4)39-31)29(38)33(20-7-3)23-14-10-8-11-15-23/h5,7,23-26,35H,1,3,6,8-22H2,2,4H3/t24-,25+,26?,30+,31?/m1/s1. The molecule has 3 aliphatic heterocycles. The molecule has 2 unspecified atom stereocenters. The number of likely N-dealkylation sites (tertiary alicyclic amines) is 1. The Labute approximate surface area is 239 Å². The van der Waals surface area contributed by atoms with Crippen LogP contribution in [0.4, 0.5) is 0 Å². The number of carbonyl (C=O) groups excluding carboxylic acids is 3. The van der Waals surface area contributed by atoms with E-state index < -0.39 is 22.6 Å². The molecular formula is C31H49N3O4S. The van der Waals surface area contributed by atoms with Crippen molar-refractivity contribution in [3.05, 3.63) is 25.3 Å². The van der Waals surface area contributed by atoms with Gasteiger partial charge in [0.05, 0.1) is 16.6 Å². The molecule has 0 aromatic carbocycles. The molecule has 0 aromatic rings. The third kappa shape index (κ3) is 5.44. The summed E-state index contributed by atoms with van der Waals surface area (Å²) < 4.78 is -0.944. The van der Waals surface area contributed by atoms with Crippen LogP contribution in [0.2, 0.25) is 0 Å². The van der Waals surface area contributed by atoms with Crippen LogP contribution in [-0.4, -0.2) is 91.9 Å². The molecule has 0 radical (unpaired) electrons. The SMILES string of the molecule is C=CCN(CCC)C(=O)[C@H]1[C@H]2C(=O)N(CCCCCO)C(C(=O)N(CC=C)C3CCCCC3)C23CC[C@]1(C)S3. The van der Waals surface area contributed by atoms with E-state index in [0.717, 1.165) is 57.8 Å². The first-order chi connectivity index (χ1) is 18.8. The highest BCUT2D eigenvalue weighted by Gasteiger charge is 2.77. The van der Waals surface area contributed by atoms with Crippen molar-refractivity contribution < 1.29 is 19.5 Å². The van der Waals surface area contributed by atoms with Gasteiger partial charge in [0.2, 0.25) is 17.7 Å². The zero-order valence-corrected chi connectivity index (χ0v) is 24.9. The minimum atomic E-state index is -0.583. The van der Waals surface area contributed by atoms with Gasteiger partial charge in [-0.1, -0.05) is 38.3 Å². The van der Waals surface area contributed by atoms with Gasteiger partial charge in [0.1, 0.15) is 6.04 Å². The van der Waals surface area contributed by atoms with E-state index in [-0.39, 0.29) is 35.1 Å². The molecule has 218 valence electrons. The van der Waals surface area contributed by atoms with Crippen molar-refractivity contribution >= 4 is 29.5 Å². The molecule has 2 bridgehead atoms. The number of aliphatic hydroxyl groups excluding tert-OH is 1. The highest BCUT2D eigenvalue weighted by atomic mass is 32.2. The van der Waals surface area contributed by atoms with Crippen LogP contribution in [0.15, 0.2) is 25.3 Å². The van der Waals surface area contributed by atoms with Crippen LogP contribution in [0.5, 0.6) is 0 Å². The average Bonchev–Trinajstić information content (AvgIpc) is 3.50. The number of hydrogen-bond acceptors (Lipinski definition) is 5. The van der Waals surface area contributed by atoms with Gasteiger partial charge in [-0.3, -0.25) is 14.4 Å². The zero-order valence-electron chi connectivity index (χ0n) is 24.1. The summed E-state index contributed by atoms with van der Waals surface area (Å²) >= 11 is 1.76. The third-order valence-electron chi connectivity index (χ3n) is 9.61. The molecule has 3 heterocycles. The van der Waals surface area contributed by atoms with Crippen molar-refractivity contribution in [3.8, 4) is 0 Å². The fourth-order valence-corrected chi connectivity index (χ4v) is 10.3. The number of carbonyl (C=O) groups is 3. The van der Waals surface area contributed by atoms with E-state index in [0.29, 0.717) is 32.6 Å². The number of rotatable bonds is 14. The van der Waals surface area contributed by atoms with Gasteiger partial charge < -0.3 is 19.8 Å². The van der Waals surface area contributed by atoms with Gasteiger partial charge in [0, 0.05) is 43.6 Å². The highest BCUT2D eigenvalue weighted by molar-refractivity contribution is 8.02. The number of unbranched alkanes of at least 4 members (excludes halogenated alkanes) is 2. The first-order valence-electron chi connectivity index (χ1n) is 15.2. The van der Waals surface area contributed by atoms with E-state index in [1.54, 1.807) is 17.8 Å². The number of hydrogen-bond donors (Lipinski definition) is 1. The van der Waals surface area contributed by atoms with Gasteiger partial charge in [-0.2, -0.15) is 0 Å². The molecule has 1 saturated carbocycles. The van der Waals surface area contributed by atoms with Crippen LogP contribution < -0.4 is 0 Å². The molecule has 39 heavy (non-hydrogen) atoms. The first-order valence-corrected chi connectivity index (χ1v) is 16.0. The molecule has 4 rings (SSSR count). The number of fused-ring (bicyclic) bond motifs is 1. The molecular weight excluding hydrogens is 510 g/mol. The van der Waals surface area contributed by atoms with Gasteiger partial charge in [0.15, 0.2) is 0 Å². The third-order valence-corrected chi connectivity index (χ3v) is 11.6. The van der Waals surface area contributed by atoms with Crippen molar-refractivity contribution in [2.45, 2.75) is 106 Å². The second-order valence-electron chi connectivity index (χ2n) is 12.2. The lowest BCUT2D eigenvalue weighted by Gasteiger charge is -2.41. The van der Waals surface area contributed by atoms with Crippen molar-refractivity contribution in [1.29, 1.82) is 0 Å². The fourth-order valence-electron chi connectivity index (χ4n) is 7.91. The Morgan fingerprint density at radius 3 is 2.44 bits per heavy atom. The van der Waals surface area contributed by atoms with Crippen molar-refractivity contribution in [2.24, 2.45) is 11.8 Å². The summed E-state index contributed by atoms with van der Waals surface area (Å²) in [6, 6.07) is -0.384. The Kier molecular flexibility index (Phi) is 9.90. The van der Waals surface area contributed by atoms with Crippen molar-refractivity contribution in [2.75, 3.05) is 32.8 Å². The molecule has 8 heteroatoms. The van der Waals surface area contributed by atoms with Gasteiger partial charge >= 0.3 is 0 Å². The normalized spacial score (nSPS) is 31.8. The predicted molar refractivity (Wildman–Crippen MR) is 157 cm³/mol. The Hall–Kier alpha value is -1.80. The van der Waals surface area contributed by atoms with E-state index in [9.17, 15) is 19.5 Å². The Morgan fingerprint density at radius 2 is 1.79 bits per heavy atom. The number of nitrogens with zero attached hydrogens (tertiary/aromatic N) is 3. The van der Waals surface area contributed by atoms with E-state index in [1.807, 2.05) is 20.8 Å². The lowest BCUT2D eigenvalue weighted by atomic mass is 9.66. The van der Waals surface area contributed by atoms with E-state index >= 15 is 0 Å². The Balaban J connectivity index is 1.72. The first kappa shape index (κ1) is 30.2. The van der Waals surface area contributed by atoms with Crippen molar-refractivity contribution in [3.63, 3.8) is 0 Å². The number of aliphatic hydroxyl groups is 1. The second kappa shape index (κ2) is 12.8. The molecule has 0 aromatic heterocycles. The van der Waals surface area contributed by atoms with Crippen LogP contribution in [-0.2, 0) is 14.4 Å². The number of amides is 3. The maximum absolute atomic E-state index is 14.6. The Bertz CT molecular complexity index is 937. The van der Waals surface area contributed by atoms with Gasteiger partial charge in [-0.15, -0.1) is 24.9 Å². The number of thioether (sulfide) groups is 1. The molecule has 4 aliphatic rings. The fraction of sp³-hybridized carbons (Fsp3) is 0.774. The van der Waals surface area contributed by atoms with Crippen LogP contribution in [0.3, 0.4) is 0 Å².